The first-order valence-corrected chi connectivity index (χ1v) is 6.54. The Morgan fingerprint density at radius 3 is 3.00 bits per heavy atom. The van der Waals surface area contributed by atoms with Crippen LogP contribution < -0.4 is 5.32 Å². The maximum Gasteiger partial charge on any atom is 0.271 e. The zero-order valence-corrected chi connectivity index (χ0v) is 11.9. The molecule has 0 aliphatic rings. The van der Waals surface area contributed by atoms with Gasteiger partial charge < -0.3 is 5.32 Å². The van der Waals surface area contributed by atoms with Gasteiger partial charge in [-0.1, -0.05) is 6.07 Å². The molecule has 6 nitrogen and oxygen atoms in total. The number of aromatic nitrogens is 2. The van der Waals surface area contributed by atoms with E-state index >= 15 is 0 Å². The highest BCUT2D eigenvalue weighted by Crippen LogP contribution is 2.21. The third kappa shape index (κ3) is 3.18. The summed E-state index contributed by atoms with van der Waals surface area (Å²) in [6.07, 6.45) is 2.60. The van der Waals surface area contributed by atoms with Gasteiger partial charge in [-0.3, -0.25) is 10.1 Å². The molecule has 1 N–H and O–H groups in total. The Hall–Kier alpha value is -1.73. The maximum atomic E-state index is 10.8. The standard InChI is InChI=1S/C12H13BrN4O2/c1-14-6-5-12-11(13)8-16(15-12)9-3-2-4-10(7-9)17(18)19/h2-4,7-8,14H,5-6H2,1H3. The van der Waals surface area contributed by atoms with Crippen molar-refractivity contribution in [2.75, 3.05) is 13.6 Å². The molecule has 0 amide bonds. The van der Waals surface area contributed by atoms with Crippen molar-refractivity contribution < 1.29 is 4.92 Å². The summed E-state index contributed by atoms with van der Waals surface area (Å²) in [6.45, 7) is 0.824. The maximum absolute atomic E-state index is 10.8. The van der Waals surface area contributed by atoms with Crippen LogP contribution in [-0.4, -0.2) is 28.3 Å². The highest BCUT2D eigenvalue weighted by Gasteiger charge is 2.10. The van der Waals surface area contributed by atoms with Gasteiger partial charge in [0.2, 0.25) is 0 Å². The summed E-state index contributed by atoms with van der Waals surface area (Å²) in [5.74, 6) is 0. The fraction of sp³-hybridized carbons (Fsp3) is 0.250. The van der Waals surface area contributed by atoms with E-state index in [2.05, 4.69) is 26.3 Å². The number of nitro groups is 1. The first-order chi connectivity index (χ1) is 9.11. The summed E-state index contributed by atoms with van der Waals surface area (Å²) in [5.41, 5.74) is 1.65. The van der Waals surface area contributed by atoms with E-state index in [1.807, 2.05) is 13.2 Å². The van der Waals surface area contributed by atoms with Gasteiger partial charge in [0, 0.05) is 31.3 Å². The number of benzene rings is 1. The van der Waals surface area contributed by atoms with Crippen LogP contribution in [0.1, 0.15) is 5.69 Å². The van der Waals surface area contributed by atoms with Crippen LogP contribution in [0.3, 0.4) is 0 Å². The second-order valence-corrected chi connectivity index (χ2v) is 4.85. The summed E-state index contributed by atoms with van der Waals surface area (Å²) >= 11 is 3.45. The van der Waals surface area contributed by atoms with Crippen molar-refractivity contribution in [1.29, 1.82) is 0 Å². The average molecular weight is 325 g/mol. The van der Waals surface area contributed by atoms with Crippen LogP contribution in [0.4, 0.5) is 5.69 Å². The molecule has 0 atom stereocenters. The Bertz CT molecular complexity index is 597. The second kappa shape index (κ2) is 5.94. The third-order valence-electron chi connectivity index (χ3n) is 2.66. The zero-order chi connectivity index (χ0) is 13.8. The van der Waals surface area contributed by atoms with Gasteiger partial charge in [-0.05, 0) is 29.0 Å². The number of nitro benzene ring substituents is 1. The van der Waals surface area contributed by atoms with Crippen molar-refractivity contribution in [2.24, 2.45) is 0 Å². The Kier molecular flexibility index (Phi) is 4.28. The fourth-order valence-electron chi connectivity index (χ4n) is 1.68. The van der Waals surface area contributed by atoms with Crippen molar-refractivity contribution in [3.8, 4) is 5.69 Å². The molecule has 0 radical (unpaired) electrons. The van der Waals surface area contributed by atoms with Crippen molar-refractivity contribution >= 4 is 21.6 Å². The molecule has 7 heteroatoms. The second-order valence-electron chi connectivity index (χ2n) is 4.00. The van der Waals surface area contributed by atoms with Crippen LogP contribution in [0.2, 0.25) is 0 Å². The van der Waals surface area contributed by atoms with Crippen LogP contribution in [0, 0.1) is 10.1 Å². The van der Waals surface area contributed by atoms with Crippen LogP contribution in [0.15, 0.2) is 34.9 Å². The lowest BCUT2D eigenvalue weighted by Gasteiger charge is -2.00. The Labute approximate surface area is 118 Å². The van der Waals surface area contributed by atoms with Gasteiger partial charge in [0.25, 0.3) is 5.69 Å². The summed E-state index contributed by atoms with van der Waals surface area (Å²) in [4.78, 5) is 10.3. The largest absolute Gasteiger partial charge is 0.319 e. The van der Waals surface area contributed by atoms with Gasteiger partial charge in [0.1, 0.15) is 0 Å². The van der Waals surface area contributed by atoms with Gasteiger partial charge >= 0.3 is 0 Å². The Balaban J connectivity index is 2.31. The molecule has 0 bridgehead atoms. The molecule has 0 saturated carbocycles. The minimum Gasteiger partial charge on any atom is -0.319 e. The first kappa shape index (κ1) is 13.7. The SMILES string of the molecule is CNCCc1nn(-c2cccc([N+](=O)[O-])c2)cc1Br. The van der Waals surface area contributed by atoms with Gasteiger partial charge in [0.05, 0.1) is 20.8 Å². The molecular weight excluding hydrogens is 312 g/mol. The van der Waals surface area contributed by atoms with Crippen LogP contribution in [0.5, 0.6) is 0 Å². The average Bonchev–Trinajstić information content (AvgIpc) is 2.78. The van der Waals surface area contributed by atoms with Crippen molar-refractivity contribution in [2.45, 2.75) is 6.42 Å². The Morgan fingerprint density at radius 1 is 1.53 bits per heavy atom. The fourth-order valence-corrected chi connectivity index (χ4v) is 2.15. The number of hydrogen-bond donors (Lipinski definition) is 1. The lowest BCUT2D eigenvalue weighted by atomic mass is 10.3. The van der Waals surface area contributed by atoms with Crippen LogP contribution in [0.25, 0.3) is 5.69 Å². The van der Waals surface area contributed by atoms with Gasteiger partial charge in [-0.2, -0.15) is 5.10 Å². The molecule has 2 aromatic rings. The topological polar surface area (TPSA) is 73.0 Å². The van der Waals surface area contributed by atoms with Gasteiger partial charge in [-0.15, -0.1) is 0 Å². The van der Waals surface area contributed by atoms with Crippen molar-refractivity contribution in [1.82, 2.24) is 15.1 Å². The highest BCUT2D eigenvalue weighted by atomic mass is 79.9. The zero-order valence-electron chi connectivity index (χ0n) is 10.3. The molecule has 19 heavy (non-hydrogen) atoms. The molecule has 100 valence electrons. The number of hydrogen-bond acceptors (Lipinski definition) is 4. The lowest BCUT2D eigenvalue weighted by Crippen LogP contribution is -2.11. The number of halogens is 1. The predicted molar refractivity (Wildman–Crippen MR) is 75.5 cm³/mol. The highest BCUT2D eigenvalue weighted by molar-refractivity contribution is 9.10. The first-order valence-electron chi connectivity index (χ1n) is 5.75. The van der Waals surface area contributed by atoms with Crippen LogP contribution in [-0.2, 0) is 6.42 Å². The van der Waals surface area contributed by atoms with E-state index in [0.29, 0.717) is 5.69 Å². The molecule has 0 spiro atoms. The molecule has 0 fully saturated rings. The predicted octanol–water partition coefficient (Wildman–Crippen LogP) is 2.30. The van der Waals surface area contributed by atoms with E-state index in [0.717, 1.165) is 23.1 Å². The number of nitrogens with zero attached hydrogens (tertiary/aromatic N) is 3. The van der Waals surface area contributed by atoms with E-state index in [9.17, 15) is 10.1 Å². The Morgan fingerprint density at radius 2 is 2.32 bits per heavy atom. The van der Waals surface area contributed by atoms with Gasteiger partial charge in [-0.25, -0.2) is 4.68 Å². The molecule has 1 aromatic heterocycles. The quantitative estimate of drug-likeness (QED) is 0.676. The number of likely N-dealkylation sites (N-methyl/N-ethyl adjacent to an activating group) is 1. The molecule has 1 aromatic carbocycles. The lowest BCUT2D eigenvalue weighted by molar-refractivity contribution is -0.384. The minimum atomic E-state index is -0.413. The van der Waals surface area contributed by atoms with E-state index in [-0.39, 0.29) is 5.69 Å². The number of rotatable bonds is 5. The minimum absolute atomic E-state index is 0.0564. The normalized spacial score (nSPS) is 10.6. The number of nitrogens with one attached hydrogen (secondary N) is 1. The van der Waals surface area contributed by atoms with E-state index in [1.54, 1.807) is 16.8 Å². The number of non-ortho nitro benzene ring substituents is 1. The molecular formula is C12H13BrN4O2. The van der Waals surface area contributed by atoms with Crippen LogP contribution >= 0.6 is 15.9 Å². The van der Waals surface area contributed by atoms with E-state index in [4.69, 9.17) is 0 Å². The molecule has 0 saturated heterocycles. The summed E-state index contributed by atoms with van der Waals surface area (Å²) in [5, 5.41) is 18.2. The summed E-state index contributed by atoms with van der Waals surface area (Å²) in [7, 11) is 1.88. The van der Waals surface area contributed by atoms with Crippen molar-refractivity contribution in [3.63, 3.8) is 0 Å². The smallest absolute Gasteiger partial charge is 0.271 e. The molecule has 0 unspecified atom stereocenters. The molecule has 0 aliphatic carbocycles. The molecule has 1 heterocycles. The summed E-state index contributed by atoms with van der Waals surface area (Å²) in [6, 6.07) is 6.40. The van der Waals surface area contributed by atoms with E-state index < -0.39 is 4.92 Å². The monoisotopic (exact) mass is 324 g/mol. The van der Waals surface area contributed by atoms with E-state index in [1.165, 1.54) is 12.1 Å². The molecule has 2 rings (SSSR count). The third-order valence-corrected chi connectivity index (χ3v) is 3.32. The molecule has 0 aliphatic heterocycles. The van der Waals surface area contributed by atoms with Crippen molar-refractivity contribution in [3.05, 3.63) is 50.7 Å². The summed E-state index contributed by atoms with van der Waals surface area (Å²) < 4.78 is 2.54. The van der Waals surface area contributed by atoms with Gasteiger partial charge in [0.15, 0.2) is 0 Å².